The van der Waals surface area contributed by atoms with Crippen LogP contribution in [0.5, 0.6) is 0 Å². The lowest BCUT2D eigenvalue weighted by Gasteiger charge is -2.23. The number of aromatic nitrogens is 3. The van der Waals surface area contributed by atoms with Gasteiger partial charge in [0.25, 0.3) is 11.5 Å². The van der Waals surface area contributed by atoms with Crippen LogP contribution in [0.1, 0.15) is 24.4 Å². The molecule has 3 rings (SSSR count). The molecule has 1 unspecified atom stereocenters. The van der Waals surface area contributed by atoms with E-state index in [1.165, 1.54) is 4.68 Å². The van der Waals surface area contributed by atoms with Gasteiger partial charge >= 0.3 is 0 Å². The molecule has 0 saturated carbocycles. The first-order valence-electron chi connectivity index (χ1n) is 6.26. The molecule has 1 N–H and O–H groups in total. The van der Waals surface area contributed by atoms with E-state index in [1.54, 1.807) is 25.1 Å². The molecular weight excluding hydrogens is 260 g/mol. The summed E-state index contributed by atoms with van der Waals surface area (Å²) < 4.78 is 1.42. The first kappa shape index (κ1) is 12.5. The Kier molecular flexibility index (Phi) is 2.81. The van der Waals surface area contributed by atoms with Gasteiger partial charge in [-0.15, -0.1) is 0 Å². The average Bonchev–Trinajstić information content (AvgIpc) is 2.40. The van der Waals surface area contributed by atoms with Gasteiger partial charge in [0, 0.05) is 6.42 Å². The summed E-state index contributed by atoms with van der Waals surface area (Å²) >= 11 is 0. The molecule has 1 aliphatic rings. The monoisotopic (exact) mass is 272 g/mol. The molecule has 2 amide bonds. The summed E-state index contributed by atoms with van der Waals surface area (Å²) in [7, 11) is 0. The molecule has 1 fully saturated rings. The largest absolute Gasteiger partial charge is 0.299 e. The van der Waals surface area contributed by atoms with Crippen molar-refractivity contribution >= 4 is 22.7 Å². The number of rotatable bonds is 1. The molecule has 0 spiro atoms. The summed E-state index contributed by atoms with van der Waals surface area (Å²) in [6, 6.07) is 4.70. The normalized spacial score (nSPS) is 19.1. The third-order valence-electron chi connectivity index (χ3n) is 3.45. The molecule has 1 saturated heterocycles. The van der Waals surface area contributed by atoms with Crippen LogP contribution >= 0.6 is 0 Å². The number of carbonyl (C=O) groups excluding carboxylic acids is 2. The molecule has 0 bridgehead atoms. The van der Waals surface area contributed by atoms with Crippen molar-refractivity contribution in [3.8, 4) is 0 Å². The number of nitrogens with one attached hydrogen (secondary N) is 1. The van der Waals surface area contributed by atoms with Crippen LogP contribution in [-0.4, -0.2) is 26.8 Å². The highest BCUT2D eigenvalue weighted by molar-refractivity contribution is 6.00. The van der Waals surface area contributed by atoms with E-state index >= 15 is 0 Å². The fourth-order valence-electron chi connectivity index (χ4n) is 2.45. The smallest absolute Gasteiger partial charge is 0.295 e. The zero-order valence-corrected chi connectivity index (χ0v) is 10.8. The fraction of sp³-hybridized carbons (Fsp3) is 0.308. The van der Waals surface area contributed by atoms with Crippen LogP contribution in [0.2, 0.25) is 0 Å². The van der Waals surface area contributed by atoms with E-state index in [0.717, 1.165) is 5.56 Å². The van der Waals surface area contributed by atoms with E-state index in [-0.39, 0.29) is 12.3 Å². The Bertz CT molecular complexity index is 781. The Morgan fingerprint density at radius 1 is 1.30 bits per heavy atom. The van der Waals surface area contributed by atoms with Gasteiger partial charge in [-0.3, -0.25) is 19.7 Å². The Balaban J connectivity index is 2.20. The van der Waals surface area contributed by atoms with E-state index < -0.39 is 17.5 Å². The standard InChI is InChI=1S/C13H12N4O3/c1-7-3-2-4-8-11(7)13(20)15-16-17(8)9-5-6-10(18)14-12(9)19/h2-4,9H,5-6H2,1H3,(H,14,18,19). The van der Waals surface area contributed by atoms with Gasteiger partial charge in [-0.05, 0) is 25.0 Å². The SMILES string of the molecule is Cc1cccc2c1c(=O)nnn2C1CCC(=O)NC1=O. The highest BCUT2D eigenvalue weighted by Crippen LogP contribution is 2.22. The van der Waals surface area contributed by atoms with Crippen LogP contribution in [0.3, 0.4) is 0 Å². The maximum absolute atomic E-state index is 11.9. The first-order valence-corrected chi connectivity index (χ1v) is 6.26. The summed E-state index contributed by atoms with van der Waals surface area (Å²) in [5.74, 6) is -0.706. The average molecular weight is 272 g/mol. The van der Waals surface area contributed by atoms with Gasteiger partial charge in [0.15, 0.2) is 0 Å². The molecule has 1 aliphatic heterocycles. The second kappa shape index (κ2) is 4.52. The van der Waals surface area contributed by atoms with E-state index in [1.807, 2.05) is 0 Å². The maximum atomic E-state index is 11.9. The van der Waals surface area contributed by atoms with Gasteiger partial charge in [0.2, 0.25) is 5.91 Å². The number of nitrogens with zero attached hydrogens (tertiary/aromatic N) is 3. The number of imide groups is 1. The second-order valence-electron chi connectivity index (χ2n) is 4.78. The van der Waals surface area contributed by atoms with Crippen LogP contribution in [0.15, 0.2) is 23.0 Å². The lowest BCUT2D eigenvalue weighted by Crippen LogP contribution is -2.42. The number of fused-ring (bicyclic) bond motifs is 1. The van der Waals surface area contributed by atoms with E-state index in [0.29, 0.717) is 17.3 Å². The number of benzene rings is 1. The van der Waals surface area contributed by atoms with Crippen LogP contribution < -0.4 is 10.9 Å². The summed E-state index contributed by atoms with van der Waals surface area (Å²) in [5, 5.41) is 10.1. The number of hydrogen-bond acceptors (Lipinski definition) is 5. The predicted octanol–water partition coefficient (Wildman–Crippen LogP) is 0.0776. The van der Waals surface area contributed by atoms with Crippen LogP contribution in [-0.2, 0) is 9.59 Å². The quantitative estimate of drug-likeness (QED) is 0.742. The number of hydrogen-bond donors (Lipinski definition) is 1. The Labute approximate surface area is 113 Å². The molecule has 1 aromatic heterocycles. The molecule has 20 heavy (non-hydrogen) atoms. The van der Waals surface area contributed by atoms with Gasteiger partial charge < -0.3 is 0 Å². The molecule has 1 atom stereocenters. The highest BCUT2D eigenvalue weighted by Gasteiger charge is 2.29. The minimum atomic E-state index is -0.620. The van der Waals surface area contributed by atoms with Gasteiger partial charge in [-0.2, -0.15) is 0 Å². The highest BCUT2D eigenvalue weighted by atomic mass is 16.2. The fourth-order valence-corrected chi connectivity index (χ4v) is 2.45. The summed E-state index contributed by atoms with van der Waals surface area (Å²) in [6.07, 6.45) is 0.600. The van der Waals surface area contributed by atoms with E-state index in [4.69, 9.17) is 0 Å². The van der Waals surface area contributed by atoms with Crippen LogP contribution in [0.25, 0.3) is 10.9 Å². The summed E-state index contributed by atoms with van der Waals surface area (Å²) in [5.41, 5.74) is 0.921. The van der Waals surface area contributed by atoms with Gasteiger partial charge in [-0.25, -0.2) is 4.68 Å². The topological polar surface area (TPSA) is 93.9 Å². The minimum absolute atomic E-state index is 0.248. The minimum Gasteiger partial charge on any atom is -0.295 e. The Morgan fingerprint density at radius 3 is 2.85 bits per heavy atom. The van der Waals surface area contributed by atoms with Crippen molar-refractivity contribution in [2.75, 3.05) is 0 Å². The van der Waals surface area contributed by atoms with E-state index in [9.17, 15) is 14.4 Å². The number of amides is 2. The second-order valence-corrected chi connectivity index (χ2v) is 4.78. The predicted molar refractivity (Wildman–Crippen MR) is 70.0 cm³/mol. The van der Waals surface area contributed by atoms with Gasteiger partial charge in [0.1, 0.15) is 6.04 Å². The maximum Gasteiger partial charge on any atom is 0.299 e. The Hall–Kier alpha value is -2.57. The lowest BCUT2D eigenvalue weighted by atomic mass is 10.1. The van der Waals surface area contributed by atoms with Crippen molar-refractivity contribution in [3.63, 3.8) is 0 Å². The van der Waals surface area contributed by atoms with E-state index in [2.05, 4.69) is 15.6 Å². The lowest BCUT2D eigenvalue weighted by molar-refractivity contribution is -0.135. The Morgan fingerprint density at radius 2 is 2.10 bits per heavy atom. The van der Waals surface area contributed by atoms with Crippen molar-refractivity contribution in [1.82, 2.24) is 20.3 Å². The molecule has 7 heteroatoms. The molecule has 0 aliphatic carbocycles. The van der Waals surface area contributed by atoms with Crippen LogP contribution in [0, 0.1) is 6.92 Å². The third kappa shape index (κ3) is 1.87. The third-order valence-corrected chi connectivity index (χ3v) is 3.45. The molecule has 2 aromatic rings. The first-order chi connectivity index (χ1) is 9.58. The molecule has 102 valence electrons. The molecular formula is C13H12N4O3. The molecule has 7 nitrogen and oxygen atoms in total. The number of carbonyl (C=O) groups is 2. The van der Waals surface area contributed by atoms with Crippen LogP contribution in [0.4, 0.5) is 0 Å². The molecule has 2 heterocycles. The van der Waals surface area contributed by atoms with Crippen molar-refractivity contribution in [1.29, 1.82) is 0 Å². The van der Waals surface area contributed by atoms with Crippen molar-refractivity contribution < 1.29 is 9.59 Å². The number of piperidine rings is 1. The zero-order valence-electron chi connectivity index (χ0n) is 10.8. The molecule has 0 radical (unpaired) electrons. The summed E-state index contributed by atoms with van der Waals surface area (Å²) in [4.78, 5) is 34.9. The van der Waals surface area contributed by atoms with Crippen molar-refractivity contribution in [2.24, 2.45) is 0 Å². The molecule has 1 aromatic carbocycles. The van der Waals surface area contributed by atoms with Crippen molar-refractivity contribution in [2.45, 2.75) is 25.8 Å². The van der Waals surface area contributed by atoms with Gasteiger partial charge in [0.05, 0.1) is 10.9 Å². The van der Waals surface area contributed by atoms with Crippen molar-refractivity contribution in [3.05, 3.63) is 34.1 Å². The van der Waals surface area contributed by atoms with Gasteiger partial charge in [-0.1, -0.05) is 22.4 Å². The number of aryl methyl sites for hydroxylation is 1. The zero-order chi connectivity index (χ0) is 14.3. The summed E-state index contributed by atoms with van der Waals surface area (Å²) in [6.45, 7) is 1.81.